The van der Waals surface area contributed by atoms with Gasteiger partial charge < -0.3 is 5.73 Å². The fourth-order valence-electron chi connectivity index (χ4n) is 1.61. The lowest BCUT2D eigenvalue weighted by atomic mass is 10.2. The van der Waals surface area contributed by atoms with E-state index in [-0.39, 0.29) is 5.69 Å². The maximum atomic E-state index is 10.5. The number of nitro groups is 1. The molecule has 106 valence electrons. The zero-order valence-corrected chi connectivity index (χ0v) is 11.6. The van der Waals surface area contributed by atoms with Crippen molar-refractivity contribution >= 4 is 11.4 Å². The van der Waals surface area contributed by atoms with Crippen molar-refractivity contribution in [2.24, 2.45) is 0 Å². The molecule has 0 amide bonds. The molecule has 0 unspecified atom stereocenters. The van der Waals surface area contributed by atoms with Gasteiger partial charge in [-0.25, -0.2) is 0 Å². The molecule has 4 heteroatoms. The van der Waals surface area contributed by atoms with Crippen LogP contribution in [0.2, 0.25) is 0 Å². The average Bonchev–Trinajstić information content (AvgIpc) is 2.53. The molecule has 22 heavy (non-hydrogen) atoms. The number of para-hydroxylation sites is 1. The van der Waals surface area contributed by atoms with Crippen LogP contribution in [-0.4, -0.2) is 4.92 Å². The van der Waals surface area contributed by atoms with Crippen LogP contribution in [-0.2, 0) is 0 Å². The van der Waals surface area contributed by atoms with Crippen molar-refractivity contribution in [3.8, 4) is 23.7 Å². The first-order valence-electron chi connectivity index (χ1n) is 6.44. The Bertz CT molecular complexity index is 829. The third kappa shape index (κ3) is 4.26. The molecule has 0 heterocycles. The van der Waals surface area contributed by atoms with Crippen molar-refractivity contribution in [2.45, 2.75) is 0 Å². The second-order valence-electron chi connectivity index (χ2n) is 4.26. The largest absolute Gasteiger partial charge is 0.398 e. The van der Waals surface area contributed by atoms with Gasteiger partial charge in [0.05, 0.1) is 4.92 Å². The second-order valence-corrected chi connectivity index (χ2v) is 4.26. The lowest BCUT2D eigenvalue weighted by molar-refractivity contribution is -0.384. The Labute approximate surface area is 128 Å². The molecule has 0 aliphatic heterocycles. The Hall–Kier alpha value is -3.50. The molecular weight excluding hydrogens is 276 g/mol. The number of benzene rings is 2. The molecule has 0 aliphatic carbocycles. The lowest BCUT2D eigenvalue weighted by Gasteiger charge is -1.93. The van der Waals surface area contributed by atoms with E-state index in [0.717, 1.165) is 5.56 Å². The molecule has 2 rings (SSSR count). The molecule has 0 radical (unpaired) electrons. The van der Waals surface area contributed by atoms with Crippen molar-refractivity contribution in [1.82, 2.24) is 0 Å². The summed E-state index contributed by atoms with van der Waals surface area (Å²) in [6.45, 7) is 0. The van der Waals surface area contributed by atoms with Crippen LogP contribution in [0.3, 0.4) is 0 Å². The summed E-state index contributed by atoms with van der Waals surface area (Å²) in [4.78, 5) is 10.1. The summed E-state index contributed by atoms with van der Waals surface area (Å²) < 4.78 is 0. The summed E-state index contributed by atoms with van der Waals surface area (Å²) >= 11 is 0. The number of nitro benzene ring substituents is 1. The van der Waals surface area contributed by atoms with E-state index in [9.17, 15) is 10.1 Å². The van der Waals surface area contributed by atoms with Crippen LogP contribution in [0.25, 0.3) is 0 Å². The Morgan fingerprint density at radius 3 is 2.23 bits per heavy atom. The summed E-state index contributed by atoms with van der Waals surface area (Å²) in [6, 6.07) is 13.4. The van der Waals surface area contributed by atoms with E-state index in [1.165, 1.54) is 12.1 Å². The van der Waals surface area contributed by atoms with E-state index < -0.39 is 4.92 Å². The van der Waals surface area contributed by atoms with Gasteiger partial charge in [0.15, 0.2) is 0 Å². The highest BCUT2D eigenvalue weighted by molar-refractivity contribution is 5.56. The van der Waals surface area contributed by atoms with Gasteiger partial charge in [-0.3, -0.25) is 10.1 Å². The molecule has 0 aromatic heterocycles. The SMILES string of the molecule is Nc1ccccc1C#C/C=C\C#Cc1ccc([N+](=O)[O-])cc1. The number of non-ortho nitro benzene ring substituents is 1. The predicted molar refractivity (Wildman–Crippen MR) is 86.8 cm³/mol. The maximum absolute atomic E-state index is 10.5. The summed E-state index contributed by atoms with van der Waals surface area (Å²) in [6.07, 6.45) is 3.25. The minimum atomic E-state index is -0.442. The van der Waals surface area contributed by atoms with Gasteiger partial charge in [-0.05, 0) is 36.4 Å². The van der Waals surface area contributed by atoms with Crippen LogP contribution >= 0.6 is 0 Å². The highest BCUT2D eigenvalue weighted by Crippen LogP contribution is 2.11. The maximum Gasteiger partial charge on any atom is 0.269 e. The smallest absolute Gasteiger partial charge is 0.269 e. The van der Waals surface area contributed by atoms with Gasteiger partial charge in [0.2, 0.25) is 0 Å². The van der Waals surface area contributed by atoms with Crippen molar-refractivity contribution in [2.75, 3.05) is 5.73 Å². The van der Waals surface area contributed by atoms with Crippen LogP contribution in [0.15, 0.2) is 60.7 Å². The first kappa shape index (κ1) is 14.9. The Morgan fingerprint density at radius 2 is 1.59 bits per heavy atom. The first-order valence-corrected chi connectivity index (χ1v) is 6.44. The van der Waals surface area contributed by atoms with Crippen molar-refractivity contribution in [3.63, 3.8) is 0 Å². The average molecular weight is 288 g/mol. The van der Waals surface area contributed by atoms with Gasteiger partial charge in [-0.2, -0.15) is 0 Å². The zero-order valence-electron chi connectivity index (χ0n) is 11.6. The lowest BCUT2D eigenvalue weighted by Crippen LogP contribution is -1.87. The number of allylic oxidation sites excluding steroid dienone is 2. The molecule has 0 saturated carbocycles. The van der Waals surface area contributed by atoms with Gasteiger partial charge in [-0.15, -0.1) is 0 Å². The van der Waals surface area contributed by atoms with Gasteiger partial charge in [-0.1, -0.05) is 35.8 Å². The van der Waals surface area contributed by atoms with E-state index >= 15 is 0 Å². The molecule has 0 bridgehead atoms. The Morgan fingerprint density at radius 1 is 0.955 bits per heavy atom. The summed E-state index contributed by atoms with van der Waals surface area (Å²) in [7, 11) is 0. The number of hydrogen-bond acceptors (Lipinski definition) is 3. The van der Waals surface area contributed by atoms with E-state index in [0.29, 0.717) is 11.3 Å². The second kappa shape index (κ2) is 7.33. The van der Waals surface area contributed by atoms with Crippen LogP contribution < -0.4 is 5.73 Å². The standard InChI is InChI=1S/C18H12N2O2/c19-18-10-6-5-9-16(18)8-4-2-1-3-7-15-11-13-17(14-12-15)20(21)22/h1-2,5-6,9-14H,19H2/b2-1-. The van der Waals surface area contributed by atoms with Gasteiger partial charge in [0.1, 0.15) is 0 Å². The molecule has 0 fully saturated rings. The third-order valence-corrected chi connectivity index (χ3v) is 2.71. The highest BCUT2D eigenvalue weighted by Gasteiger charge is 2.01. The number of nitrogens with two attached hydrogens (primary N) is 1. The van der Waals surface area contributed by atoms with E-state index in [2.05, 4.69) is 23.7 Å². The minimum Gasteiger partial charge on any atom is -0.398 e. The number of anilines is 1. The van der Waals surface area contributed by atoms with Crippen LogP contribution in [0.4, 0.5) is 11.4 Å². The van der Waals surface area contributed by atoms with E-state index in [1.54, 1.807) is 30.4 Å². The predicted octanol–water partition coefficient (Wildman–Crippen LogP) is 3.14. The fourth-order valence-corrected chi connectivity index (χ4v) is 1.61. The number of nitrogens with zero attached hydrogens (tertiary/aromatic N) is 1. The van der Waals surface area contributed by atoms with Crippen molar-refractivity contribution in [1.29, 1.82) is 0 Å². The fraction of sp³-hybridized carbons (Fsp3) is 0. The number of nitrogen functional groups attached to an aromatic ring is 1. The molecule has 0 atom stereocenters. The minimum absolute atomic E-state index is 0.0485. The molecule has 0 saturated heterocycles. The highest BCUT2D eigenvalue weighted by atomic mass is 16.6. The zero-order chi connectivity index (χ0) is 15.8. The summed E-state index contributed by atoms with van der Waals surface area (Å²) in [5, 5.41) is 10.5. The monoisotopic (exact) mass is 288 g/mol. The quantitative estimate of drug-likeness (QED) is 0.379. The molecule has 2 N–H and O–H groups in total. The molecule has 0 spiro atoms. The molecule has 2 aromatic rings. The molecule has 0 aliphatic rings. The van der Waals surface area contributed by atoms with Crippen molar-refractivity contribution in [3.05, 3.63) is 81.9 Å². The Balaban J connectivity index is 1.99. The van der Waals surface area contributed by atoms with Gasteiger partial charge in [0.25, 0.3) is 5.69 Å². The van der Waals surface area contributed by atoms with Crippen LogP contribution in [0.1, 0.15) is 11.1 Å². The number of rotatable bonds is 1. The van der Waals surface area contributed by atoms with Crippen LogP contribution in [0.5, 0.6) is 0 Å². The Kier molecular flexibility index (Phi) is 4.96. The molecule has 4 nitrogen and oxygen atoms in total. The molecular formula is C18H12N2O2. The van der Waals surface area contributed by atoms with Gasteiger partial charge in [0, 0.05) is 28.9 Å². The summed E-state index contributed by atoms with van der Waals surface area (Å²) in [5.41, 5.74) is 7.93. The van der Waals surface area contributed by atoms with Crippen molar-refractivity contribution < 1.29 is 4.92 Å². The topological polar surface area (TPSA) is 69.2 Å². The number of hydrogen-bond donors (Lipinski definition) is 1. The van der Waals surface area contributed by atoms with Gasteiger partial charge >= 0.3 is 0 Å². The van der Waals surface area contributed by atoms with E-state index in [4.69, 9.17) is 5.73 Å². The molecule has 2 aromatic carbocycles. The van der Waals surface area contributed by atoms with E-state index in [1.807, 2.05) is 18.2 Å². The third-order valence-electron chi connectivity index (χ3n) is 2.71. The normalized spacial score (nSPS) is 9.45. The summed E-state index contributed by atoms with van der Waals surface area (Å²) in [5.74, 6) is 11.5. The van der Waals surface area contributed by atoms with Crippen LogP contribution in [0, 0.1) is 33.8 Å². The first-order chi connectivity index (χ1) is 10.7.